The van der Waals surface area contributed by atoms with Crippen LogP contribution in [-0.2, 0) is 15.6 Å². The number of hydrogen-bond donors (Lipinski definition) is 1. The van der Waals surface area contributed by atoms with Crippen LogP contribution in [0.3, 0.4) is 0 Å². The number of carboxylic acids is 1. The minimum atomic E-state index is -1.32. The minimum Gasteiger partial charge on any atom is -0.481 e. The molecule has 5 heteroatoms. The van der Waals surface area contributed by atoms with E-state index in [1.807, 2.05) is 0 Å². The molecule has 0 aliphatic rings. The van der Waals surface area contributed by atoms with Gasteiger partial charge in [-0.15, -0.1) is 0 Å². The number of carboxylic acid groups (broad SMARTS) is 1. The fourth-order valence-corrected chi connectivity index (χ4v) is 2.57. The highest BCUT2D eigenvalue weighted by molar-refractivity contribution is 7.85. The van der Waals surface area contributed by atoms with Crippen molar-refractivity contribution in [2.75, 3.05) is 5.75 Å². The summed E-state index contributed by atoms with van der Waals surface area (Å²) < 4.78 is 11.9. The van der Waals surface area contributed by atoms with E-state index in [2.05, 4.69) is 0 Å². The van der Waals surface area contributed by atoms with E-state index >= 15 is 0 Å². The van der Waals surface area contributed by atoms with Gasteiger partial charge in [0, 0.05) is 15.7 Å². The van der Waals surface area contributed by atoms with Crippen molar-refractivity contribution in [1.82, 2.24) is 0 Å². The average molecular weight is 261 g/mol. The third kappa shape index (κ3) is 3.32. The third-order valence-electron chi connectivity index (χ3n) is 2.15. The Bertz CT molecular complexity index is 412. The van der Waals surface area contributed by atoms with Crippen LogP contribution in [0.4, 0.5) is 0 Å². The molecule has 1 aromatic rings. The summed E-state index contributed by atoms with van der Waals surface area (Å²) in [7, 11) is -1.32. The van der Waals surface area contributed by atoms with Gasteiger partial charge in [0.1, 0.15) is 0 Å². The van der Waals surface area contributed by atoms with E-state index in [9.17, 15) is 9.00 Å². The molecular formula is C11H13ClO3S. The maximum atomic E-state index is 11.9. The molecule has 0 bridgehead atoms. The Morgan fingerprint density at radius 3 is 2.31 bits per heavy atom. The Hall–Kier alpha value is -0.870. The fourth-order valence-electron chi connectivity index (χ4n) is 1.06. The van der Waals surface area contributed by atoms with Crippen molar-refractivity contribution >= 4 is 28.4 Å². The second kappa shape index (κ2) is 4.97. The zero-order valence-electron chi connectivity index (χ0n) is 9.07. The monoisotopic (exact) mass is 260 g/mol. The number of rotatable bonds is 4. The van der Waals surface area contributed by atoms with E-state index in [1.165, 1.54) is 0 Å². The summed E-state index contributed by atoms with van der Waals surface area (Å²) in [5.41, 5.74) is -0.996. The number of carbonyl (C=O) groups is 1. The lowest BCUT2D eigenvalue weighted by Crippen LogP contribution is -2.30. The summed E-state index contributed by atoms with van der Waals surface area (Å²) in [6.45, 7) is 3.12. The summed E-state index contributed by atoms with van der Waals surface area (Å²) in [5.74, 6) is -0.862. The van der Waals surface area contributed by atoms with Gasteiger partial charge in [0.2, 0.25) is 0 Å². The van der Waals surface area contributed by atoms with Crippen LogP contribution in [0.15, 0.2) is 29.2 Å². The summed E-state index contributed by atoms with van der Waals surface area (Å²) in [6.07, 6.45) is 0. The molecule has 0 fully saturated rings. The molecule has 16 heavy (non-hydrogen) atoms. The Kier molecular flexibility index (Phi) is 4.10. The van der Waals surface area contributed by atoms with Crippen molar-refractivity contribution in [2.24, 2.45) is 5.41 Å². The summed E-state index contributed by atoms with van der Waals surface area (Å²) in [6, 6.07) is 6.58. The normalized spacial score (nSPS) is 13.4. The first kappa shape index (κ1) is 13.2. The van der Waals surface area contributed by atoms with E-state index in [4.69, 9.17) is 16.7 Å². The van der Waals surface area contributed by atoms with Gasteiger partial charge in [-0.1, -0.05) is 11.6 Å². The molecule has 3 nitrogen and oxygen atoms in total. The lowest BCUT2D eigenvalue weighted by molar-refractivity contribution is -0.145. The third-order valence-corrected chi connectivity index (χ3v) is 4.18. The zero-order chi connectivity index (χ0) is 12.3. The van der Waals surface area contributed by atoms with Gasteiger partial charge in [0.15, 0.2) is 0 Å². The van der Waals surface area contributed by atoms with Crippen molar-refractivity contribution < 1.29 is 14.1 Å². The predicted octanol–water partition coefficient (Wildman–Crippen LogP) is 2.56. The predicted molar refractivity (Wildman–Crippen MR) is 64.1 cm³/mol. The summed E-state index contributed by atoms with van der Waals surface area (Å²) in [4.78, 5) is 11.5. The molecular weight excluding hydrogens is 248 g/mol. The quantitative estimate of drug-likeness (QED) is 0.905. The van der Waals surface area contributed by atoms with Gasteiger partial charge in [0.25, 0.3) is 0 Å². The van der Waals surface area contributed by atoms with Gasteiger partial charge < -0.3 is 5.11 Å². The largest absolute Gasteiger partial charge is 0.481 e. The topological polar surface area (TPSA) is 54.4 Å². The molecule has 1 rings (SSSR count). The SMILES string of the molecule is CC(C)(CS(=O)c1ccc(Cl)cc1)C(=O)O. The molecule has 88 valence electrons. The summed E-state index contributed by atoms with van der Waals surface area (Å²) in [5, 5.41) is 9.49. The lowest BCUT2D eigenvalue weighted by Gasteiger charge is -2.18. The van der Waals surface area contributed by atoms with E-state index in [1.54, 1.807) is 38.1 Å². The number of halogens is 1. The molecule has 0 aromatic heterocycles. The number of hydrogen-bond acceptors (Lipinski definition) is 2. The second-order valence-corrected chi connectivity index (χ2v) is 6.02. The van der Waals surface area contributed by atoms with Crippen LogP contribution in [0.2, 0.25) is 5.02 Å². The van der Waals surface area contributed by atoms with Gasteiger partial charge >= 0.3 is 5.97 Å². The van der Waals surface area contributed by atoms with Crippen molar-refractivity contribution in [3.05, 3.63) is 29.3 Å². The van der Waals surface area contributed by atoms with E-state index < -0.39 is 22.2 Å². The molecule has 0 saturated carbocycles. The molecule has 0 saturated heterocycles. The number of aliphatic carboxylic acids is 1. The molecule has 1 N–H and O–H groups in total. The molecule has 0 aliphatic carbocycles. The lowest BCUT2D eigenvalue weighted by atomic mass is 9.97. The maximum absolute atomic E-state index is 11.9. The highest BCUT2D eigenvalue weighted by Crippen LogP contribution is 2.21. The standard InChI is InChI=1S/C11H13ClO3S/c1-11(2,10(13)14)7-16(15)9-5-3-8(12)4-6-9/h3-6H,7H2,1-2H3,(H,13,14). The van der Waals surface area contributed by atoms with E-state index in [-0.39, 0.29) is 5.75 Å². The summed E-state index contributed by atoms with van der Waals surface area (Å²) >= 11 is 5.71. The van der Waals surface area contributed by atoms with Crippen molar-refractivity contribution in [2.45, 2.75) is 18.7 Å². The van der Waals surface area contributed by atoms with Crippen LogP contribution < -0.4 is 0 Å². The van der Waals surface area contributed by atoms with Crippen LogP contribution in [0.1, 0.15) is 13.8 Å². The van der Waals surface area contributed by atoms with Crippen molar-refractivity contribution in [3.8, 4) is 0 Å². The molecule has 1 atom stereocenters. The highest BCUT2D eigenvalue weighted by Gasteiger charge is 2.29. The molecule has 0 amide bonds. The molecule has 1 unspecified atom stereocenters. The fraction of sp³-hybridized carbons (Fsp3) is 0.364. The Labute approximate surface area is 102 Å². The van der Waals surface area contributed by atoms with Crippen molar-refractivity contribution in [1.29, 1.82) is 0 Å². The van der Waals surface area contributed by atoms with Crippen LogP contribution in [0, 0.1) is 5.41 Å². The first-order valence-corrected chi connectivity index (χ1v) is 6.40. The van der Waals surface area contributed by atoms with Gasteiger partial charge in [-0.2, -0.15) is 0 Å². The first-order chi connectivity index (χ1) is 7.33. The van der Waals surface area contributed by atoms with E-state index in [0.29, 0.717) is 9.92 Å². The van der Waals surface area contributed by atoms with Gasteiger partial charge in [-0.25, -0.2) is 0 Å². The zero-order valence-corrected chi connectivity index (χ0v) is 10.6. The number of benzene rings is 1. The highest BCUT2D eigenvalue weighted by atomic mass is 35.5. The molecule has 0 aliphatic heterocycles. The van der Waals surface area contributed by atoms with Crippen LogP contribution in [-0.4, -0.2) is 21.0 Å². The Balaban J connectivity index is 2.81. The van der Waals surface area contributed by atoms with Crippen molar-refractivity contribution in [3.63, 3.8) is 0 Å². The van der Waals surface area contributed by atoms with Gasteiger partial charge in [-0.05, 0) is 38.1 Å². The first-order valence-electron chi connectivity index (χ1n) is 4.70. The smallest absolute Gasteiger partial charge is 0.310 e. The van der Waals surface area contributed by atoms with Gasteiger partial charge in [0.05, 0.1) is 16.2 Å². The minimum absolute atomic E-state index is 0.0873. The Morgan fingerprint density at radius 1 is 1.38 bits per heavy atom. The maximum Gasteiger partial charge on any atom is 0.310 e. The second-order valence-electron chi connectivity index (χ2n) is 4.13. The van der Waals surface area contributed by atoms with Gasteiger partial charge in [-0.3, -0.25) is 9.00 Å². The molecule has 0 heterocycles. The molecule has 0 spiro atoms. The van der Waals surface area contributed by atoms with Crippen LogP contribution >= 0.6 is 11.6 Å². The van der Waals surface area contributed by atoms with Crippen LogP contribution in [0.5, 0.6) is 0 Å². The van der Waals surface area contributed by atoms with Crippen LogP contribution in [0.25, 0.3) is 0 Å². The van der Waals surface area contributed by atoms with E-state index in [0.717, 1.165) is 0 Å². The Morgan fingerprint density at radius 2 is 1.88 bits per heavy atom. The molecule has 1 aromatic carbocycles. The molecule has 0 radical (unpaired) electrons. The average Bonchev–Trinajstić information content (AvgIpc) is 2.17.